The van der Waals surface area contributed by atoms with Crippen LogP contribution in [0.2, 0.25) is 10.0 Å². The molecule has 0 spiro atoms. The number of ether oxygens (including phenoxy) is 2. The highest BCUT2D eigenvalue weighted by molar-refractivity contribution is 6.42. The van der Waals surface area contributed by atoms with Crippen molar-refractivity contribution in [3.8, 4) is 0 Å². The lowest BCUT2D eigenvalue weighted by atomic mass is 9.86. The first-order chi connectivity index (χ1) is 17.2. The van der Waals surface area contributed by atoms with E-state index in [4.69, 9.17) is 32.8 Å². The monoisotopic (exact) mass is 560 g/mol. The molecule has 2 atom stereocenters. The van der Waals surface area contributed by atoms with Crippen LogP contribution in [0.5, 0.6) is 0 Å². The van der Waals surface area contributed by atoms with Crippen LogP contribution in [0.4, 0.5) is 18.0 Å². The molecule has 0 radical (unpaired) electrons. The van der Waals surface area contributed by atoms with E-state index in [0.29, 0.717) is 10.5 Å². The van der Waals surface area contributed by atoms with Crippen molar-refractivity contribution >= 4 is 46.9 Å². The molecule has 1 aliphatic heterocycles. The van der Waals surface area contributed by atoms with Gasteiger partial charge >= 0.3 is 18.2 Å². The van der Waals surface area contributed by atoms with Crippen LogP contribution >= 0.6 is 23.2 Å². The number of carbonyl (C=O) groups is 3. The number of halogens is 5. The van der Waals surface area contributed by atoms with E-state index in [9.17, 15) is 27.6 Å². The molecule has 13 heteroatoms. The van der Waals surface area contributed by atoms with E-state index in [-0.39, 0.29) is 32.4 Å². The molecular weight excluding hydrogens is 540 g/mol. The summed E-state index contributed by atoms with van der Waals surface area (Å²) in [7, 11) is 2.28. The van der Waals surface area contributed by atoms with Gasteiger partial charge in [-0.2, -0.15) is 13.2 Å². The first kappa shape index (κ1) is 28.3. The van der Waals surface area contributed by atoms with Crippen molar-refractivity contribution in [3.05, 3.63) is 68.7 Å². The number of aryl methyl sites for hydroxylation is 1. The summed E-state index contributed by atoms with van der Waals surface area (Å²) in [4.78, 5) is 42.2. The third kappa shape index (κ3) is 5.52. The van der Waals surface area contributed by atoms with Crippen LogP contribution in [0.25, 0.3) is 0 Å². The van der Waals surface area contributed by atoms with Crippen molar-refractivity contribution in [2.45, 2.75) is 38.1 Å². The molecule has 0 N–H and O–H groups in total. The normalized spacial score (nSPS) is 17.9. The van der Waals surface area contributed by atoms with E-state index in [1.54, 1.807) is 6.92 Å². The van der Waals surface area contributed by atoms with Crippen molar-refractivity contribution in [1.82, 2.24) is 4.90 Å². The Kier molecular flexibility index (Phi) is 8.09. The van der Waals surface area contributed by atoms with Gasteiger partial charge in [0.25, 0.3) is 11.5 Å². The van der Waals surface area contributed by atoms with Gasteiger partial charge in [0.2, 0.25) is 0 Å². The smallest absolute Gasteiger partial charge is 0.435 e. The zero-order chi connectivity index (χ0) is 27.7. The Hall–Kier alpha value is -3.31. The lowest BCUT2D eigenvalue weighted by Crippen LogP contribution is -2.42. The molecular formula is C24H21Cl2F3N2O6. The fourth-order valence-corrected chi connectivity index (χ4v) is 3.90. The molecule has 2 unspecified atom stereocenters. The lowest BCUT2D eigenvalue weighted by Gasteiger charge is -2.29. The fourth-order valence-electron chi connectivity index (χ4n) is 3.60. The highest BCUT2D eigenvalue weighted by atomic mass is 35.5. The maximum Gasteiger partial charge on any atom is 0.435 e. The average Bonchev–Trinajstić information content (AvgIpc) is 3.31. The standard InChI is InChI=1S/C24H21Cl2F3N2O6/c1-12-9-14(5-7-16(12)20(32)31(3)22(34)36-13(2)21(33)35-4)19-11-23(37-30-19,24(27,28)29)15-6-8-17(25)18(26)10-15/h5-10,13H,11H2,1-4H3. The first-order valence-electron chi connectivity index (χ1n) is 10.7. The molecule has 2 amide bonds. The Morgan fingerprint density at radius 2 is 1.81 bits per heavy atom. The molecule has 3 rings (SSSR count). The average molecular weight is 561 g/mol. The van der Waals surface area contributed by atoms with Gasteiger partial charge in [0.15, 0.2) is 6.10 Å². The number of hydrogen-bond acceptors (Lipinski definition) is 7. The summed E-state index contributed by atoms with van der Waals surface area (Å²) < 4.78 is 52.0. The van der Waals surface area contributed by atoms with Crippen LogP contribution in [-0.2, 0) is 24.7 Å². The number of esters is 1. The number of imide groups is 1. The predicted molar refractivity (Wildman–Crippen MR) is 128 cm³/mol. The molecule has 1 aliphatic rings. The first-order valence-corrected chi connectivity index (χ1v) is 11.4. The Balaban J connectivity index is 1.83. The highest BCUT2D eigenvalue weighted by Gasteiger charge is 2.62. The van der Waals surface area contributed by atoms with Crippen molar-refractivity contribution in [2.75, 3.05) is 14.2 Å². The van der Waals surface area contributed by atoms with Crippen LogP contribution in [0.1, 0.15) is 40.4 Å². The maximum atomic E-state index is 14.2. The van der Waals surface area contributed by atoms with E-state index in [1.165, 1.54) is 37.3 Å². The zero-order valence-corrected chi connectivity index (χ0v) is 21.5. The van der Waals surface area contributed by atoms with Gasteiger partial charge in [0.1, 0.15) is 0 Å². The van der Waals surface area contributed by atoms with Gasteiger partial charge in [-0.05, 0) is 49.2 Å². The van der Waals surface area contributed by atoms with Crippen LogP contribution in [0.15, 0.2) is 41.6 Å². The van der Waals surface area contributed by atoms with Gasteiger partial charge in [-0.3, -0.25) is 4.79 Å². The van der Waals surface area contributed by atoms with E-state index < -0.39 is 42.3 Å². The van der Waals surface area contributed by atoms with Gasteiger partial charge in [-0.1, -0.05) is 40.5 Å². The number of methoxy groups -OCH3 is 1. The molecule has 0 aliphatic carbocycles. The minimum atomic E-state index is -4.84. The Labute approximate surface area is 219 Å². The van der Waals surface area contributed by atoms with Gasteiger partial charge in [-0.25, -0.2) is 14.5 Å². The molecule has 198 valence electrons. The summed E-state index contributed by atoms with van der Waals surface area (Å²) in [5.74, 6) is -1.55. The van der Waals surface area contributed by atoms with E-state index in [0.717, 1.165) is 20.2 Å². The zero-order valence-electron chi connectivity index (χ0n) is 20.0. The van der Waals surface area contributed by atoms with Crippen molar-refractivity contribution in [3.63, 3.8) is 0 Å². The van der Waals surface area contributed by atoms with Crippen LogP contribution in [0, 0.1) is 6.92 Å². The molecule has 37 heavy (non-hydrogen) atoms. The summed E-state index contributed by atoms with van der Waals surface area (Å²) in [5.41, 5.74) is -2.34. The van der Waals surface area contributed by atoms with E-state index in [1.807, 2.05) is 0 Å². The van der Waals surface area contributed by atoms with Crippen LogP contribution in [0.3, 0.4) is 0 Å². The van der Waals surface area contributed by atoms with Gasteiger partial charge in [-0.15, -0.1) is 0 Å². The molecule has 0 aromatic heterocycles. The summed E-state index contributed by atoms with van der Waals surface area (Å²) in [6, 6.07) is 7.68. The summed E-state index contributed by atoms with van der Waals surface area (Å²) >= 11 is 11.8. The quantitative estimate of drug-likeness (QED) is 0.438. The molecule has 0 fully saturated rings. The van der Waals surface area contributed by atoms with Crippen molar-refractivity contribution in [1.29, 1.82) is 0 Å². The number of carbonyl (C=O) groups excluding carboxylic acids is 3. The molecule has 2 aromatic rings. The second-order valence-corrected chi connectivity index (χ2v) is 9.02. The second-order valence-electron chi connectivity index (χ2n) is 8.20. The summed E-state index contributed by atoms with van der Waals surface area (Å²) in [6.07, 6.45) is -7.82. The molecule has 8 nitrogen and oxygen atoms in total. The fraction of sp³-hybridized carbons (Fsp3) is 0.333. The Morgan fingerprint density at radius 3 is 2.38 bits per heavy atom. The molecule has 2 aromatic carbocycles. The third-order valence-corrected chi connectivity index (χ3v) is 6.49. The van der Waals surface area contributed by atoms with Gasteiger partial charge in [0.05, 0.1) is 22.9 Å². The van der Waals surface area contributed by atoms with Crippen LogP contribution in [-0.4, -0.2) is 55.0 Å². The van der Waals surface area contributed by atoms with E-state index >= 15 is 0 Å². The van der Waals surface area contributed by atoms with Crippen LogP contribution < -0.4 is 0 Å². The summed E-state index contributed by atoms with van der Waals surface area (Å²) in [5, 5.41) is 3.72. The molecule has 1 heterocycles. The van der Waals surface area contributed by atoms with Gasteiger partial charge in [0, 0.05) is 24.6 Å². The highest BCUT2D eigenvalue weighted by Crippen LogP contribution is 2.49. The minimum absolute atomic E-state index is 0.00911. The van der Waals surface area contributed by atoms with Gasteiger partial charge < -0.3 is 14.3 Å². The third-order valence-electron chi connectivity index (χ3n) is 5.75. The summed E-state index contributed by atoms with van der Waals surface area (Å²) in [6.45, 7) is 2.82. The molecule has 0 saturated heterocycles. The number of benzene rings is 2. The topological polar surface area (TPSA) is 94.5 Å². The molecule has 0 bridgehead atoms. The Bertz CT molecular complexity index is 1280. The van der Waals surface area contributed by atoms with E-state index in [2.05, 4.69) is 9.89 Å². The van der Waals surface area contributed by atoms with Crippen molar-refractivity contribution < 1.29 is 41.9 Å². The predicted octanol–water partition coefficient (Wildman–Crippen LogP) is 5.65. The number of rotatable bonds is 5. The number of nitrogens with zero attached hydrogens (tertiary/aromatic N) is 2. The largest absolute Gasteiger partial charge is 0.466 e. The Morgan fingerprint density at radius 1 is 1.14 bits per heavy atom. The second kappa shape index (κ2) is 10.6. The lowest BCUT2D eigenvalue weighted by molar-refractivity contribution is -0.275. The number of amides is 2. The number of alkyl halides is 3. The minimum Gasteiger partial charge on any atom is -0.466 e. The van der Waals surface area contributed by atoms with Crippen molar-refractivity contribution in [2.24, 2.45) is 5.16 Å². The number of hydrogen-bond donors (Lipinski definition) is 0. The number of oxime groups is 1. The maximum absolute atomic E-state index is 14.2. The SMILES string of the molecule is COC(=O)C(C)OC(=O)N(C)C(=O)c1ccc(C2=NOC(c3ccc(Cl)c(Cl)c3)(C(F)(F)F)C2)cc1C. The molecule has 0 saturated carbocycles.